The fourth-order valence-electron chi connectivity index (χ4n) is 4.31. The zero-order valence-electron chi connectivity index (χ0n) is 19.1. The molecule has 0 atom stereocenters. The first-order chi connectivity index (χ1) is 16.7. The molecule has 0 N–H and O–H groups in total. The van der Waals surface area contributed by atoms with E-state index in [9.17, 15) is 9.59 Å². The summed E-state index contributed by atoms with van der Waals surface area (Å²) in [5, 5.41) is 6.79. The molecule has 6 nitrogen and oxygen atoms in total. The summed E-state index contributed by atoms with van der Waals surface area (Å²) in [7, 11) is 0. The first-order valence-electron chi connectivity index (χ1n) is 11.6. The Morgan fingerprint density at radius 1 is 0.794 bits per heavy atom. The van der Waals surface area contributed by atoms with Crippen molar-refractivity contribution < 1.29 is 9.59 Å². The molecule has 0 aromatic heterocycles. The largest absolute Gasteiger partial charge is 0.278 e. The van der Waals surface area contributed by atoms with Crippen LogP contribution in [0.5, 0.6) is 0 Å². The lowest BCUT2D eigenvalue weighted by Gasteiger charge is -2.26. The van der Waals surface area contributed by atoms with E-state index in [4.69, 9.17) is 5.10 Å². The number of carbonyl (C=O) groups excluding carboxylic acids is 2. The van der Waals surface area contributed by atoms with Crippen LogP contribution in [-0.2, 0) is 9.59 Å². The van der Waals surface area contributed by atoms with E-state index >= 15 is 0 Å². The summed E-state index contributed by atoms with van der Waals surface area (Å²) in [5.74, 6) is 0.911. The summed E-state index contributed by atoms with van der Waals surface area (Å²) in [6.07, 6.45) is 1.76. The van der Waals surface area contributed by atoms with Crippen LogP contribution >= 0.6 is 0 Å². The fourth-order valence-corrected chi connectivity index (χ4v) is 4.31. The van der Waals surface area contributed by atoms with Crippen molar-refractivity contribution in [1.82, 2.24) is 4.90 Å². The van der Waals surface area contributed by atoms with Gasteiger partial charge in [-0.05, 0) is 30.7 Å². The van der Waals surface area contributed by atoms with Gasteiger partial charge in [0.1, 0.15) is 5.82 Å². The number of hydrazone groups is 1. The van der Waals surface area contributed by atoms with Gasteiger partial charge in [-0.3, -0.25) is 19.4 Å². The molecular weight excluding hydrogens is 424 g/mol. The molecule has 0 unspecified atom stereocenters. The predicted molar refractivity (Wildman–Crippen MR) is 134 cm³/mol. The predicted octanol–water partition coefficient (Wildman–Crippen LogP) is 5.15. The molecule has 3 aromatic carbocycles. The highest BCUT2D eigenvalue weighted by atomic mass is 16.2. The van der Waals surface area contributed by atoms with Gasteiger partial charge < -0.3 is 0 Å². The van der Waals surface area contributed by atoms with Crippen molar-refractivity contribution >= 4 is 29.0 Å². The number of carbonyl (C=O) groups is 2. The number of anilines is 2. The number of rotatable bonds is 6. The number of benzene rings is 3. The minimum absolute atomic E-state index is 0.0577. The Kier molecular flexibility index (Phi) is 5.95. The van der Waals surface area contributed by atoms with Crippen molar-refractivity contribution in [2.45, 2.75) is 26.2 Å². The van der Waals surface area contributed by atoms with Crippen molar-refractivity contribution in [3.63, 3.8) is 0 Å². The summed E-state index contributed by atoms with van der Waals surface area (Å²) in [4.78, 5) is 29.8. The van der Waals surface area contributed by atoms with Crippen LogP contribution in [-0.4, -0.2) is 29.1 Å². The van der Waals surface area contributed by atoms with E-state index in [1.54, 1.807) is 5.01 Å². The van der Waals surface area contributed by atoms with Crippen molar-refractivity contribution in [1.29, 1.82) is 0 Å². The Morgan fingerprint density at radius 2 is 1.38 bits per heavy atom. The van der Waals surface area contributed by atoms with Gasteiger partial charge in [-0.2, -0.15) is 0 Å². The third-order valence-electron chi connectivity index (χ3n) is 6.00. The molecule has 2 aliphatic heterocycles. The number of imide groups is 1. The van der Waals surface area contributed by atoms with Crippen LogP contribution in [0.1, 0.15) is 31.7 Å². The maximum atomic E-state index is 13.5. The van der Waals surface area contributed by atoms with Crippen LogP contribution < -0.4 is 9.91 Å². The minimum atomic E-state index is -0.236. The highest BCUT2D eigenvalue weighted by Gasteiger charge is 2.42. The summed E-state index contributed by atoms with van der Waals surface area (Å²) in [5.41, 5.74) is 3.08. The summed E-state index contributed by atoms with van der Waals surface area (Å²) < 4.78 is 0. The zero-order chi connectivity index (χ0) is 23.5. The van der Waals surface area contributed by atoms with Crippen LogP contribution in [0.2, 0.25) is 0 Å². The van der Waals surface area contributed by atoms with Crippen molar-refractivity contribution in [3.05, 3.63) is 108 Å². The molecular formula is C28H26N4O2. The lowest BCUT2D eigenvalue weighted by Crippen LogP contribution is -2.34. The number of nitrogens with zero attached hydrogens (tertiary/aromatic N) is 4. The van der Waals surface area contributed by atoms with Crippen molar-refractivity contribution in [3.8, 4) is 0 Å². The third-order valence-corrected chi connectivity index (χ3v) is 6.00. The highest BCUT2D eigenvalue weighted by Crippen LogP contribution is 2.38. The normalized spacial score (nSPS) is 18.1. The SMILES string of the molecule is CCCCN1C(=O)C/C(=C2/N(c3ccccc3)N=C(c3ccccc3)N2c2ccccc2)C1=O. The average Bonchev–Trinajstić information content (AvgIpc) is 3.41. The molecule has 0 radical (unpaired) electrons. The second-order valence-electron chi connectivity index (χ2n) is 8.29. The number of likely N-dealkylation sites (tertiary alicyclic amines) is 1. The Morgan fingerprint density at radius 3 is 2.00 bits per heavy atom. The number of para-hydroxylation sites is 2. The fraction of sp³-hybridized carbons (Fsp3) is 0.179. The van der Waals surface area contributed by atoms with Gasteiger partial charge in [0.2, 0.25) is 5.91 Å². The summed E-state index contributed by atoms with van der Waals surface area (Å²) in [6.45, 7) is 2.49. The molecule has 2 aliphatic rings. The van der Waals surface area contributed by atoms with Crippen LogP contribution in [0, 0.1) is 0 Å². The number of amidine groups is 1. The van der Waals surface area contributed by atoms with Crippen LogP contribution in [0.15, 0.2) is 107 Å². The lowest BCUT2D eigenvalue weighted by atomic mass is 10.1. The smallest absolute Gasteiger partial charge is 0.260 e. The van der Waals surface area contributed by atoms with Gasteiger partial charge in [0.15, 0.2) is 5.84 Å². The van der Waals surface area contributed by atoms with Crippen LogP contribution in [0.4, 0.5) is 11.4 Å². The van der Waals surface area contributed by atoms with E-state index in [0.717, 1.165) is 29.8 Å². The van der Waals surface area contributed by atoms with Crippen molar-refractivity contribution in [2.75, 3.05) is 16.5 Å². The van der Waals surface area contributed by atoms with Crippen LogP contribution in [0.25, 0.3) is 0 Å². The van der Waals surface area contributed by atoms with E-state index in [0.29, 0.717) is 23.8 Å². The number of hydrogen-bond acceptors (Lipinski definition) is 5. The Balaban J connectivity index is 1.72. The van der Waals surface area contributed by atoms with E-state index in [1.807, 2.05) is 95.9 Å². The average molecular weight is 451 g/mol. The summed E-state index contributed by atoms with van der Waals surface area (Å²) in [6, 6.07) is 29.5. The van der Waals surface area contributed by atoms with Gasteiger partial charge >= 0.3 is 0 Å². The van der Waals surface area contributed by atoms with Gasteiger partial charge in [-0.1, -0.05) is 80.1 Å². The quantitative estimate of drug-likeness (QED) is 0.385. The molecule has 0 spiro atoms. The van der Waals surface area contributed by atoms with E-state index < -0.39 is 0 Å². The van der Waals surface area contributed by atoms with E-state index in [-0.39, 0.29) is 18.2 Å². The first-order valence-corrected chi connectivity index (χ1v) is 11.6. The van der Waals surface area contributed by atoms with E-state index in [2.05, 4.69) is 6.92 Å². The van der Waals surface area contributed by atoms with E-state index in [1.165, 1.54) is 4.90 Å². The van der Waals surface area contributed by atoms with Crippen molar-refractivity contribution in [2.24, 2.45) is 5.10 Å². The molecule has 3 aromatic rings. The highest BCUT2D eigenvalue weighted by molar-refractivity contribution is 6.19. The van der Waals surface area contributed by atoms with Gasteiger partial charge in [0.05, 0.1) is 17.7 Å². The third kappa shape index (κ3) is 3.88. The maximum Gasteiger partial charge on any atom is 0.260 e. The Hall–Kier alpha value is -4.19. The van der Waals surface area contributed by atoms with Gasteiger partial charge in [0, 0.05) is 17.8 Å². The minimum Gasteiger partial charge on any atom is -0.278 e. The maximum absolute atomic E-state index is 13.5. The first kappa shape index (κ1) is 21.6. The van der Waals surface area contributed by atoms with Gasteiger partial charge in [-0.25, -0.2) is 5.01 Å². The topological polar surface area (TPSA) is 56.2 Å². The molecule has 1 fully saturated rings. The molecule has 5 rings (SSSR count). The van der Waals surface area contributed by atoms with Gasteiger partial charge in [0.25, 0.3) is 5.91 Å². The van der Waals surface area contributed by atoms with Gasteiger partial charge in [-0.15, -0.1) is 5.10 Å². The number of unbranched alkanes of at least 4 members (excludes halogenated alkanes) is 1. The monoisotopic (exact) mass is 450 g/mol. The molecule has 0 saturated carbocycles. The molecule has 170 valence electrons. The van der Waals surface area contributed by atoms with Crippen LogP contribution in [0.3, 0.4) is 0 Å². The molecule has 0 aliphatic carbocycles. The summed E-state index contributed by atoms with van der Waals surface area (Å²) >= 11 is 0. The molecule has 6 heteroatoms. The molecule has 0 bridgehead atoms. The molecule has 2 amide bonds. The second kappa shape index (κ2) is 9.35. The Bertz CT molecular complexity index is 1250. The molecule has 34 heavy (non-hydrogen) atoms. The standard InChI is InChI=1S/C28H26N4O2/c1-2-3-19-30-25(33)20-24(28(30)34)27-31(22-15-9-5-10-16-22)26(21-13-7-4-8-14-21)29-32(27)23-17-11-6-12-18-23/h4-18H,2-3,19-20H2,1H3/b27-24-. The Labute approximate surface area is 199 Å². The number of hydrogen-bond donors (Lipinski definition) is 0. The zero-order valence-corrected chi connectivity index (χ0v) is 19.1. The number of amides is 2. The lowest BCUT2D eigenvalue weighted by molar-refractivity contribution is -0.137. The molecule has 1 saturated heterocycles. The second-order valence-corrected chi connectivity index (χ2v) is 8.29. The molecule has 2 heterocycles.